The van der Waals surface area contributed by atoms with E-state index in [-0.39, 0.29) is 17.3 Å². The van der Waals surface area contributed by atoms with Gasteiger partial charge in [-0.2, -0.15) is 0 Å². The second kappa shape index (κ2) is 3.37. The maximum absolute atomic E-state index is 13.4. The van der Waals surface area contributed by atoms with E-state index in [0.29, 0.717) is 11.8 Å². The molecule has 2 saturated carbocycles. The summed E-state index contributed by atoms with van der Waals surface area (Å²) in [5.41, 5.74) is -0.332. The van der Waals surface area contributed by atoms with Crippen LogP contribution in [0.1, 0.15) is 29.6 Å². The van der Waals surface area contributed by atoms with Crippen LogP contribution in [-0.2, 0) is 0 Å². The first-order valence-electron chi connectivity index (χ1n) is 5.68. The molecule has 16 heavy (non-hydrogen) atoms. The van der Waals surface area contributed by atoms with Crippen molar-refractivity contribution in [2.75, 3.05) is 0 Å². The second-order valence-corrected chi connectivity index (χ2v) is 4.75. The monoisotopic (exact) mass is 222 g/mol. The van der Waals surface area contributed by atoms with Crippen LogP contribution in [0.2, 0.25) is 0 Å². The summed E-state index contributed by atoms with van der Waals surface area (Å²) in [5, 5.41) is 0. The van der Waals surface area contributed by atoms with E-state index in [1.165, 1.54) is 6.07 Å². The average molecular weight is 222 g/mol. The zero-order valence-corrected chi connectivity index (χ0v) is 8.75. The molecule has 0 aromatic heterocycles. The van der Waals surface area contributed by atoms with Crippen molar-refractivity contribution >= 4 is 5.78 Å². The van der Waals surface area contributed by atoms with Crippen LogP contribution in [0, 0.1) is 29.4 Å². The Bertz CT molecular complexity index is 425. The number of hydrogen-bond donors (Lipinski definition) is 0. The Balaban J connectivity index is 1.90. The van der Waals surface area contributed by atoms with Gasteiger partial charge in [-0.25, -0.2) is 8.78 Å². The Morgan fingerprint density at radius 1 is 1.12 bits per heavy atom. The Hall–Kier alpha value is -1.25. The van der Waals surface area contributed by atoms with E-state index in [1.807, 2.05) is 0 Å². The quantitative estimate of drug-likeness (QED) is 0.702. The van der Waals surface area contributed by atoms with Crippen molar-refractivity contribution in [3.05, 3.63) is 35.4 Å². The molecule has 0 N–H and O–H groups in total. The third kappa shape index (κ3) is 1.30. The fraction of sp³-hybridized carbons (Fsp3) is 0.462. The van der Waals surface area contributed by atoms with Gasteiger partial charge >= 0.3 is 0 Å². The highest BCUT2D eigenvalue weighted by Gasteiger charge is 2.56. The molecule has 2 aliphatic rings. The molecule has 0 saturated heterocycles. The number of Topliss-reactive ketones (excluding diaryl/α,β-unsaturated/α-hetero) is 1. The largest absolute Gasteiger partial charge is 0.294 e. The van der Waals surface area contributed by atoms with Crippen LogP contribution < -0.4 is 0 Å². The fourth-order valence-electron chi connectivity index (χ4n) is 3.11. The van der Waals surface area contributed by atoms with E-state index in [4.69, 9.17) is 0 Å². The highest BCUT2D eigenvalue weighted by Crippen LogP contribution is 2.58. The third-order valence-corrected chi connectivity index (χ3v) is 3.92. The maximum atomic E-state index is 13.4. The highest BCUT2D eigenvalue weighted by molar-refractivity contribution is 6.00. The Kier molecular flexibility index (Phi) is 2.09. The fourth-order valence-corrected chi connectivity index (χ4v) is 3.11. The van der Waals surface area contributed by atoms with Crippen LogP contribution in [0.4, 0.5) is 8.78 Å². The molecule has 0 amide bonds. The molecule has 1 aromatic rings. The van der Waals surface area contributed by atoms with Gasteiger partial charge < -0.3 is 0 Å². The molecule has 2 aliphatic carbocycles. The molecule has 0 radical (unpaired) electrons. The van der Waals surface area contributed by atoms with Gasteiger partial charge in [0.2, 0.25) is 0 Å². The summed E-state index contributed by atoms with van der Waals surface area (Å²) in [6.45, 7) is 0. The van der Waals surface area contributed by atoms with E-state index in [0.717, 1.165) is 31.4 Å². The van der Waals surface area contributed by atoms with Crippen LogP contribution >= 0.6 is 0 Å². The maximum Gasteiger partial charge on any atom is 0.172 e. The molecular formula is C13H12F2O. The number of benzene rings is 1. The summed E-state index contributed by atoms with van der Waals surface area (Å²) >= 11 is 0. The topological polar surface area (TPSA) is 17.1 Å². The normalized spacial score (nSPS) is 31.2. The molecule has 2 unspecified atom stereocenters. The lowest BCUT2D eigenvalue weighted by Crippen LogP contribution is -2.11. The summed E-state index contributed by atoms with van der Waals surface area (Å²) < 4.78 is 26.8. The van der Waals surface area contributed by atoms with Crippen LogP contribution in [0.25, 0.3) is 0 Å². The van der Waals surface area contributed by atoms with E-state index in [2.05, 4.69) is 0 Å². The van der Waals surface area contributed by atoms with Crippen molar-refractivity contribution in [2.45, 2.75) is 19.3 Å². The molecule has 2 fully saturated rings. The standard InChI is InChI=1S/C13H12F2O/c14-9-5-2-6-10(15)12(9)13(16)11-7-3-1-4-8(7)11/h2,5-8,11H,1,3-4H2. The van der Waals surface area contributed by atoms with Crippen molar-refractivity contribution in [3.8, 4) is 0 Å². The molecule has 84 valence electrons. The molecule has 3 heteroatoms. The van der Waals surface area contributed by atoms with E-state index in [9.17, 15) is 13.6 Å². The van der Waals surface area contributed by atoms with Gasteiger partial charge in [-0.15, -0.1) is 0 Å². The van der Waals surface area contributed by atoms with Gasteiger partial charge in [0.1, 0.15) is 11.6 Å². The number of carbonyl (C=O) groups is 1. The summed E-state index contributed by atoms with van der Waals surface area (Å²) in [6.07, 6.45) is 3.23. The first-order valence-corrected chi connectivity index (χ1v) is 5.68. The zero-order chi connectivity index (χ0) is 11.3. The van der Waals surface area contributed by atoms with Gasteiger partial charge in [-0.3, -0.25) is 4.79 Å². The van der Waals surface area contributed by atoms with E-state index < -0.39 is 11.6 Å². The van der Waals surface area contributed by atoms with Gasteiger partial charge in [-0.05, 0) is 36.8 Å². The molecule has 1 nitrogen and oxygen atoms in total. The molecule has 0 heterocycles. The first kappa shape index (κ1) is 9.94. The van der Waals surface area contributed by atoms with Crippen molar-refractivity contribution in [1.82, 2.24) is 0 Å². The lowest BCUT2D eigenvalue weighted by Gasteiger charge is -2.05. The number of halogens is 2. The smallest absolute Gasteiger partial charge is 0.172 e. The summed E-state index contributed by atoms with van der Waals surface area (Å²) in [5.74, 6) is -1.10. The predicted octanol–water partition coefficient (Wildman–Crippen LogP) is 3.19. The van der Waals surface area contributed by atoms with Gasteiger partial charge in [0.05, 0.1) is 5.56 Å². The van der Waals surface area contributed by atoms with Crippen LogP contribution in [0.3, 0.4) is 0 Å². The minimum atomic E-state index is -0.727. The van der Waals surface area contributed by atoms with Gasteiger partial charge in [0.25, 0.3) is 0 Å². The van der Waals surface area contributed by atoms with Crippen molar-refractivity contribution < 1.29 is 13.6 Å². The second-order valence-electron chi connectivity index (χ2n) is 4.75. The Morgan fingerprint density at radius 3 is 2.25 bits per heavy atom. The SMILES string of the molecule is O=C(c1c(F)cccc1F)C1C2CCCC21. The number of carbonyl (C=O) groups excluding carboxylic acids is 1. The molecular weight excluding hydrogens is 210 g/mol. The number of fused-ring (bicyclic) bond motifs is 1. The number of ketones is 1. The van der Waals surface area contributed by atoms with Crippen molar-refractivity contribution in [2.24, 2.45) is 17.8 Å². The molecule has 2 atom stereocenters. The van der Waals surface area contributed by atoms with Crippen molar-refractivity contribution in [3.63, 3.8) is 0 Å². The number of rotatable bonds is 2. The lowest BCUT2D eigenvalue weighted by molar-refractivity contribution is 0.0943. The molecule has 1 aromatic carbocycles. The Labute approximate surface area is 92.5 Å². The highest BCUT2D eigenvalue weighted by atomic mass is 19.1. The minimum Gasteiger partial charge on any atom is -0.294 e. The van der Waals surface area contributed by atoms with Crippen LogP contribution in [0.5, 0.6) is 0 Å². The molecule has 0 spiro atoms. The molecule has 0 bridgehead atoms. The first-order chi connectivity index (χ1) is 7.70. The zero-order valence-electron chi connectivity index (χ0n) is 8.75. The molecule has 3 rings (SSSR count). The van der Waals surface area contributed by atoms with E-state index >= 15 is 0 Å². The van der Waals surface area contributed by atoms with Gasteiger partial charge in [0.15, 0.2) is 5.78 Å². The molecule has 0 aliphatic heterocycles. The van der Waals surface area contributed by atoms with Gasteiger partial charge in [-0.1, -0.05) is 12.5 Å². The van der Waals surface area contributed by atoms with Gasteiger partial charge in [0, 0.05) is 5.92 Å². The van der Waals surface area contributed by atoms with E-state index in [1.54, 1.807) is 0 Å². The summed E-state index contributed by atoms with van der Waals surface area (Å²) in [7, 11) is 0. The Morgan fingerprint density at radius 2 is 1.69 bits per heavy atom. The van der Waals surface area contributed by atoms with Crippen LogP contribution in [0.15, 0.2) is 18.2 Å². The lowest BCUT2D eigenvalue weighted by atomic mass is 10.0. The van der Waals surface area contributed by atoms with Crippen molar-refractivity contribution in [1.29, 1.82) is 0 Å². The third-order valence-electron chi connectivity index (χ3n) is 3.92. The number of hydrogen-bond acceptors (Lipinski definition) is 1. The summed E-state index contributed by atoms with van der Waals surface area (Å²) in [6, 6.07) is 3.58. The predicted molar refractivity (Wildman–Crippen MR) is 55.0 cm³/mol. The average Bonchev–Trinajstić information content (AvgIpc) is 2.72. The summed E-state index contributed by atoms with van der Waals surface area (Å²) in [4.78, 5) is 12.0. The van der Waals surface area contributed by atoms with Crippen LogP contribution in [-0.4, -0.2) is 5.78 Å². The minimum absolute atomic E-state index is 0.111.